The van der Waals surface area contributed by atoms with E-state index in [-0.39, 0.29) is 27.7 Å². The van der Waals surface area contributed by atoms with Crippen molar-refractivity contribution in [3.05, 3.63) is 123 Å². The molecule has 0 bridgehead atoms. The molecule has 13 heteroatoms. The summed E-state index contributed by atoms with van der Waals surface area (Å²) in [4.78, 5) is 38.7. The zero-order valence-corrected chi connectivity index (χ0v) is 24.5. The molecule has 0 saturated carbocycles. The van der Waals surface area contributed by atoms with Gasteiger partial charge in [-0.15, -0.1) is 10.2 Å². The number of ketones is 1. The summed E-state index contributed by atoms with van der Waals surface area (Å²) in [5.74, 6) is -2.91. The van der Waals surface area contributed by atoms with Crippen molar-refractivity contribution in [3.8, 4) is 5.75 Å². The fraction of sp³-hybridized carbons (Fsp3) is 0.0968. The number of anilines is 1. The molecule has 1 N–H and O–H groups in total. The summed E-state index contributed by atoms with van der Waals surface area (Å²) >= 11 is 2.50. The van der Waals surface area contributed by atoms with E-state index in [2.05, 4.69) is 10.2 Å². The van der Waals surface area contributed by atoms with E-state index in [1.54, 1.807) is 0 Å². The third kappa shape index (κ3) is 5.27. The van der Waals surface area contributed by atoms with E-state index in [1.807, 2.05) is 42.5 Å². The highest BCUT2D eigenvalue weighted by Crippen LogP contribution is 2.44. The molecular formula is C31H21FN4O6S2. The maximum Gasteiger partial charge on any atom is 0.301 e. The highest BCUT2D eigenvalue weighted by atomic mass is 32.2. The molecule has 0 aliphatic carbocycles. The van der Waals surface area contributed by atoms with Crippen molar-refractivity contribution in [1.82, 2.24) is 10.2 Å². The normalized spacial score (nSPS) is 16.0. The number of fused-ring (bicyclic) bond motifs is 1. The summed E-state index contributed by atoms with van der Waals surface area (Å²) in [6, 6.07) is 21.7. The molecule has 1 aliphatic heterocycles. The van der Waals surface area contributed by atoms with E-state index in [1.165, 1.54) is 55.3 Å². The first kappa shape index (κ1) is 29.0. The van der Waals surface area contributed by atoms with Gasteiger partial charge in [0.15, 0.2) is 15.9 Å². The fourth-order valence-electron chi connectivity index (χ4n) is 5.01. The van der Waals surface area contributed by atoms with Crippen LogP contribution in [0.4, 0.5) is 15.2 Å². The molecule has 44 heavy (non-hydrogen) atoms. The largest absolute Gasteiger partial charge is 0.507 e. The summed E-state index contributed by atoms with van der Waals surface area (Å²) in [5.41, 5.74) is 0.796. The molecule has 1 atom stereocenters. The molecule has 4 aromatic carbocycles. The highest BCUT2D eigenvalue weighted by molar-refractivity contribution is 8.00. The van der Waals surface area contributed by atoms with Crippen LogP contribution in [0.3, 0.4) is 0 Å². The number of carbonyl (C=O) groups excluding carboxylic acids is 2. The van der Waals surface area contributed by atoms with Gasteiger partial charge >= 0.3 is 5.91 Å². The molecule has 1 saturated heterocycles. The minimum atomic E-state index is -1.22. The predicted octanol–water partition coefficient (Wildman–Crippen LogP) is 6.67. The third-order valence-corrected chi connectivity index (χ3v) is 9.23. The van der Waals surface area contributed by atoms with E-state index in [9.17, 15) is 29.2 Å². The second-order valence-corrected chi connectivity index (χ2v) is 11.8. The molecule has 0 spiro atoms. The number of benzene rings is 4. The number of carbonyl (C=O) groups is 2. The highest BCUT2D eigenvalue weighted by Gasteiger charge is 2.48. The van der Waals surface area contributed by atoms with E-state index in [4.69, 9.17) is 4.74 Å². The molecule has 6 rings (SSSR count). The van der Waals surface area contributed by atoms with Crippen LogP contribution in [0, 0.1) is 15.9 Å². The van der Waals surface area contributed by atoms with Gasteiger partial charge in [-0.05, 0) is 52.2 Å². The van der Waals surface area contributed by atoms with Gasteiger partial charge in [0.1, 0.15) is 5.76 Å². The summed E-state index contributed by atoms with van der Waals surface area (Å²) in [7, 11) is 1.29. The van der Waals surface area contributed by atoms with Crippen molar-refractivity contribution in [2.24, 2.45) is 0 Å². The Kier molecular flexibility index (Phi) is 7.80. The molecule has 0 radical (unpaired) electrons. The number of nitrogens with zero attached hydrogens (tertiary/aromatic N) is 4. The molecule has 1 amide bonds. The first-order valence-corrected chi connectivity index (χ1v) is 14.9. The van der Waals surface area contributed by atoms with Crippen molar-refractivity contribution in [2.75, 3.05) is 12.0 Å². The van der Waals surface area contributed by atoms with Crippen LogP contribution in [0.1, 0.15) is 22.7 Å². The Labute approximate surface area is 257 Å². The molecule has 2 heterocycles. The zero-order valence-electron chi connectivity index (χ0n) is 22.8. The molecule has 220 valence electrons. The number of nitro benzene ring substituents is 1. The molecule has 1 aliphatic rings. The number of aliphatic hydroxyl groups excluding tert-OH is 1. The average Bonchev–Trinajstić information content (AvgIpc) is 3.61. The zero-order chi connectivity index (χ0) is 31.0. The van der Waals surface area contributed by atoms with Crippen molar-refractivity contribution >= 4 is 62.1 Å². The van der Waals surface area contributed by atoms with Crippen LogP contribution < -0.4 is 9.64 Å². The van der Waals surface area contributed by atoms with Crippen molar-refractivity contribution < 1.29 is 28.7 Å². The lowest BCUT2D eigenvalue weighted by molar-refractivity contribution is -0.384. The van der Waals surface area contributed by atoms with Gasteiger partial charge in [-0.3, -0.25) is 24.6 Å². The number of ether oxygens (including phenoxy) is 1. The molecule has 1 fully saturated rings. The Morgan fingerprint density at radius 1 is 1.07 bits per heavy atom. The number of thioether (sulfide) groups is 1. The lowest BCUT2D eigenvalue weighted by Gasteiger charge is -2.22. The van der Waals surface area contributed by atoms with Crippen LogP contribution in [-0.2, 0) is 15.3 Å². The smallest absolute Gasteiger partial charge is 0.301 e. The topological polar surface area (TPSA) is 136 Å². The van der Waals surface area contributed by atoms with Gasteiger partial charge in [-0.2, -0.15) is 0 Å². The van der Waals surface area contributed by atoms with Gasteiger partial charge in [-0.1, -0.05) is 65.6 Å². The van der Waals surface area contributed by atoms with E-state index >= 15 is 0 Å². The van der Waals surface area contributed by atoms with E-state index in [0.29, 0.717) is 15.7 Å². The average molecular weight is 629 g/mol. The van der Waals surface area contributed by atoms with Gasteiger partial charge in [0, 0.05) is 23.4 Å². The monoisotopic (exact) mass is 628 g/mol. The Morgan fingerprint density at radius 2 is 1.82 bits per heavy atom. The maximum atomic E-state index is 14.5. The van der Waals surface area contributed by atoms with Crippen LogP contribution in [-0.4, -0.2) is 39.0 Å². The summed E-state index contributed by atoms with van der Waals surface area (Å²) in [6.07, 6.45) is 0. The van der Waals surface area contributed by atoms with Gasteiger partial charge in [0.25, 0.3) is 11.5 Å². The number of methoxy groups -OCH3 is 1. The maximum absolute atomic E-state index is 14.5. The number of halogens is 1. The Morgan fingerprint density at radius 3 is 2.55 bits per heavy atom. The summed E-state index contributed by atoms with van der Waals surface area (Å²) < 4.78 is 20.0. The molecule has 10 nitrogen and oxygen atoms in total. The van der Waals surface area contributed by atoms with E-state index < -0.39 is 34.2 Å². The van der Waals surface area contributed by atoms with Gasteiger partial charge in [0.2, 0.25) is 5.13 Å². The first-order chi connectivity index (χ1) is 21.3. The number of hydrogen-bond donors (Lipinski definition) is 1. The second kappa shape index (κ2) is 11.9. The van der Waals surface area contributed by atoms with Crippen LogP contribution >= 0.6 is 23.1 Å². The Balaban J connectivity index is 1.39. The minimum absolute atomic E-state index is 0.0585. The van der Waals surface area contributed by atoms with Gasteiger partial charge < -0.3 is 9.84 Å². The van der Waals surface area contributed by atoms with Crippen LogP contribution in [0.15, 0.2) is 94.8 Å². The van der Waals surface area contributed by atoms with Crippen molar-refractivity contribution in [2.45, 2.75) is 16.1 Å². The number of Topliss-reactive ketones (excluding diaryl/α,β-unsaturated/α-hetero) is 1. The lowest BCUT2D eigenvalue weighted by atomic mass is 9.95. The summed E-state index contributed by atoms with van der Waals surface area (Å²) in [5, 5.41) is 33.3. The Bertz CT molecular complexity index is 1970. The standard InChI is InChI=1S/C31H21FN4O6S2/c1-42-24-14-11-19(15-23(24)32)27(37)25-26(18-9-12-21(13-10-18)36(40)41)35(29(39)28(25)38)30-33-34-31(44-30)43-16-20-7-4-6-17-5-2-3-8-22(17)20/h2-15,26,37H,16H2,1H3. The number of amides is 1. The van der Waals surface area contributed by atoms with E-state index in [0.717, 1.165) is 38.6 Å². The second-order valence-electron chi connectivity index (χ2n) is 9.64. The van der Waals surface area contributed by atoms with Crippen LogP contribution in [0.2, 0.25) is 0 Å². The number of hydrogen-bond acceptors (Lipinski definition) is 10. The fourth-order valence-corrected chi connectivity index (χ4v) is 6.88. The molecule has 1 unspecified atom stereocenters. The lowest BCUT2D eigenvalue weighted by Crippen LogP contribution is -2.29. The number of aromatic nitrogens is 2. The van der Waals surface area contributed by atoms with Crippen molar-refractivity contribution in [3.63, 3.8) is 0 Å². The SMILES string of the molecule is COc1ccc(C(O)=C2C(=O)C(=O)N(c3nnc(SCc4cccc5ccccc45)s3)C2c2ccc([N+](=O)[O-])cc2)cc1F. The quantitative estimate of drug-likeness (QED) is 0.0380. The van der Waals surface area contributed by atoms with Gasteiger partial charge in [-0.25, -0.2) is 4.39 Å². The van der Waals surface area contributed by atoms with Crippen LogP contribution in [0.25, 0.3) is 16.5 Å². The minimum Gasteiger partial charge on any atom is -0.507 e. The molecule has 5 aromatic rings. The summed E-state index contributed by atoms with van der Waals surface area (Å²) in [6.45, 7) is 0. The number of nitro groups is 1. The molecule has 1 aromatic heterocycles. The first-order valence-electron chi connectivity index (χ1n) is 13.1. The predicted molar refractivity (Wildman–Crippen MR) is 164 cm³/mol. The Hall–Kier alpha value is -5.14. The van der Waals surface area contributed by atoms with Crippen LogP contribution in [0.5, 0.6) is 5.75 Å². The number of aliphatic hydroxyl groups is 1. The van der Waals surface area contributed by atoms with Crippen molar-refractivity contribution in [1.29, 1.82) is 0 Å². The number of rotatable bonds is 8. The third-order valence-electron chi connectivity index (χ3n) is 7.12. The number of non-ortho nitro benzene ring substituents is 1. The van der Waals surface area contributed by atoms with Gasteiger partial charge in [0.05, 0.1) is 23.6 Å². The molecular weight excluding hydrogens is 607 g/mol.